The van der Waals surface area contributed by atoms with E-state index in [0.717, 1.165) is 40.7 Å². The Morgan fingerprint density at radius 1 is 1.28 bits per heavy atom. The molecular formula is C18H17FN6O3S. The Labute approximate surface area is 169 Å². The molecule has 0 saturated heterocycles. The molecule has 11 heteroatoms. The van der Waals surface area contributed by atoms with E-state index in [-0.39, 0.29) is 5.69 Å². The third-order valence-corrected chi connectivity index (χ3v) is 5.13. The predicted octanol–water partition coefficient (Wildman–Crippen LogP) is 3.45. The second kappa shape index (κ2) is 8.35. The highest BCUT2D eigenvalue weighted by atomic mass is 32.2. The standard InChI is InChI=1S/C18H17FN6O3S/c1-10-4-5-11(2)15(8-10)24-18(21-22-23-24)29-12(3)17(26)20-13-6-7-14(19)16(9-13)25(27)28/h4-9,12H,1-3H3,(H,20,26)/t12-/m1/s1. The van der Waals surface area contributed by atoms with Gasteiger partial charge in [-0.1, -0.05) is 23.9 Å². The quantitative estimate of drug-likeness (QED) is 0.372. The Balaban J connectivity index is 1.76. The van der Waals surface area contributed by atoms with E-state index in [4.69, 9.17) is 0 Å². The maximum Gasteiger partial charge on any atom is 0.306 e. The maximum absolute atomic E-state index is 13.5. The molecule has 0 bridgehead atoms. The molecule has 1 atom stereocenters. The van der Waals surface area contributed by atoms with Crippen LogP contribution in [0, 0.1) is 29.8 Å². The first-order valence-electron chi connectivity index (χ1n) is 8.53. The first-order valence-corrected chi connectivity index (χ1v) is 9.41. The first-order chi connectivity index (χ1) is 13.8. The molecule has 3 rings (SSSR count). The van der Waals surface area contributed by atoms with E-state index in [1.807, 2.05) is 32.0 Å². The molecule has 150 valence electrons. The summed E-state index contributed by atoms with van der Waals surface area (Å²) < 4.78 is 15.0. The van der Waals surface area contributed by atoms with Crippen LogP contribution in [0.2, 0.25) is 0 Å². The predicted molar refractivity (Wildman–Crippen MR) is 106 cm³/mol. The smallest absolute Gasteiger partial charge is 0.306 e. The van der Waals surface area contributed by atoms with Crippen LogP contribution in [-0.4, -0.2) is 36.3 Å². The number of nitrogens with zero attached hydrogens (tertiary/aromatic N) is 5. The lowest BCUT2D eigenvalue weighted by atomic mass is 10.1. The molecule has 0 aliphatic rings. The summed E-state index contributed by atoms with van der Waals surface area (Å²) in [4.78, 5) is 22.5. The molecule has 29 heavy (non-hydrogen) atoms. The summed E-state index contributed by atoms with van der Waals surface area (Å²) in [7, 11) is 0. The third kappa shape index (κ3) is 4.57. The molecule has 3 aromatic rings. The van der Waals surface area contributed by atoms with Crippen molar-refractivity contribution in [3.05, 3.63) is 63.5 Å². The van der Waals surface area contributed by atoms with Gasteiger partial charge < -0.3 is 5.32 Å². The van der Waals surface area contributed by atoms with Gasteiger partial charge in [-0.05, 0) is 60.5 Å². The van der Waals surface area contributed by atoms with Crippen molar-refractivity contribution in [1.82, 2.24) is 20.2 Å². The van der Waals surface area contributed by atoms with Crippen molar-refractivity contribution in [2.24, 2.45) is 0 Å². The zero-order valence-corrected chi connectivity index (χ0v) is 16.6. The molecule has 0 saturated carbocycles. The van der Waals surface area contributed by atoms with Crippen molar-refractivity contribution < 1.29 is 14.1 Å². The Hall–Kier alpha value is -3.34. The molecule has 9 nitrogen and oxygen atoms in total. The number of tetrazole rings is 1. The Morgan fingerprint density at radius 3 is 2.76 bits per heavy atom. The van der Waals surface area contributed by atoms with E-state index < -0.39 is 27.6 Å². The fourth-order valence-electron chi connectivity index (χ4n) is 2.54. The van der Waals surface area contributed by atoms with Gasteiger partial charge in [-0.15, -0.1) is 5.10 Å². The average molecular weight is 416 g/mol. The Kier molecular flexibility index (Phi) is 5.87. The van der Waals surface area contributed by atoms with E-state index in [1.54, 1.807) is 11.6 Å². The molecule has 0 spiro atoms. The average Bonchev–Trinajstić information content (AvgIpc) is 3.12. The maximum atomic E-state index is 13.5. The van der Waals surface area contributed by atoms with Crippen LogP contribution in [0.15, 0.2) is 41.6 Å². The summed E-state index contributed by atoms with van der Waals surface area (Å²) in [5.41, 5.74) is 2.24. The number of aryl methyl sites for hydroxylation is 2. The fraction of sp³-hybridized carbons (Fsp3) is 0.222. The van der Waals surface area contributed by atoms with E-state index >= 15 is 0 Å². The van der Waals surface area contributed by atoms with Gasteiger partial charge in [0.2, 0.25) is 16.9 Å². The summed E-state index contributed by atoms with van der Waals surface area (Å²) >= 11 is 1.13. The van der Waals surface area contributed by atoms with Crippen LogP contribution < -0.4 is 5.32 Å². The van der Waals surface area contributed by atoms with Gasteiger partial charge in [-0.3, -0.25) is 14.9 Å². The van der Waals surface area contributed by atoms with Crippen molar-refractivity contribution in [3.63, 3.8) is 0 Å². The van der Waals surface area contributed by atoms with Gasteiger partial charge in [-0.25, -0.2) is 0 Å². The number of benzene rings is 2. The number of carbonyl (C=O) groups excluding carboxylic acids is 1. The highest BCUT2D eigenvalue weighted by Crippen LogP contribution is 2.27. The summed E-state index contributed by atoms with van der Waals surface area (Å²) in [5, 5.41) is 24.9. The van der Waals surface area contributed by atoms with Crippen LogP contribution in [0.1, 0.15) is 18.1 Å². The van der Waals surface area contributed by atoms with E-state index in [1.165, 1.54) is 6.07 Å². The van der Waals surface area contributed by atoms with Crippen LogP contribution >= 0.6 is 11.8 Å². The topological polar surface area (TPSA) is 116 Å². The van der Waals surface area contributed by atoms with E-state index in [0.29, 0.717) is 5.16 Å². The number of nitro groups is 1. The summed E-state index contributed by atoms with van der Waals surface area (Å²) in [5.74, 6) is -1.39. The van der Waals surface area contributed by atoms with Gasteiger partial charge in [0.25, 0.3) is 0 Å². The number of aromatic nitrogens is 4. The number of nitro benzene ring substituents is 1. The summed E-state index contributed by atoms with van der Waals surface area (Å²) in [6.45, 7) is 5.54. The largest absolute Gasteiger partial charge is 0.325 e. The van der Waals surface area contributed by atoms with Crippen LogP contribution in [0.5, 0.6) is 0 Å². The van der Waals surface area contributed by atoms with Crippen LogP contribution in [0.4, 0.5) is 15.8 Å². The van der Waals surface area contributed by atoms with Crippen molar-refractivity contribution in [1.29, 1.82) is 0 Å². The fourth-order valence-corrected chi connectivity index (χ4v) is 3.34. The Bertz CT molecular complexity index is 1090. The minimum atomic E-state index is -0.969. The lowest BCUT2D eigenvalue weighted by Gasteiger charge is -2.13. The second-order valence-corrected chi connectivity index (χ2v) is 7.64. The molecule has 0 unspecified atom stereocenters. The molecule has 2 aromatic carbocycles. The second-order valence-electron chi connectivity index (χ2n) is 6.34. The molecular weight excluding hydrogens is 399 g/mol. The molecule has 1 N–H and O–H groups in total. The van der Waals surface area contributed by atoms with Gasteiger partial charge in [0.05, 0.1) is 15.9 Å². The SMILES string of the molecule is Cc1ccc(C)c(-n2nnnc2S[C@H](C)C(=O)Nc2ccc(F)c([N+](=O)[O-])c2)c1. The van der Waals surface area contributed by atoms with E-state index in [9.17, 15) is 19.3 Å². The molecule has 1 aromatic heterocycles. The number of anilines is 1. The van der Waals surface area contributed by atoms with Gasteiger partial charge in [0, 0.05) is 11.8 Å². The number of rotatable bonds is 6. The normalized spacial score (nSPS) is 11.9. The Morgan fingerprint density at radius 2 is 2.03 bits per heavy atom. The van der Waals surface area contributed by atoms with Gasteiger partial charge >= 0.3 is 5.69 Å². The number of hydrogen-bond donors (Lipinski definition) is 1. The molecule has 1 amide bonds. The summed E-state index contributed by atoms with van der Waals surface area (Å²) in [6, 6.07) is 9.06. The molecule has 1 heterocycles. The van der Waals surface area contributed by atoms with Crippen molar-refractivity contribution in [2.75, 3.05) is 5.32 Å². The van der Waals surface area contributed by atoms with Crippen LogP contribution in [0.3, 0.4) is 0 Å². The minimum absolute atomic E-state index is 0.129. The lowest BCUT2D eigenvalue weighted by molar-refractivity contribution is -0.387. The number of amides is 1. The van der Waals surface area contributed by atoms with Crippen molar-refractivity contribution >= 4 is 29.0 Å². The zero-order valence-electron chi connectivity index (χ0n) is 15.8. The molecule has 0 aliphatic heterocycles. The van der Waals surface area contributed by atoms with E-state index in [2.05, 4.69) is 20.8 Å². The number of thioether (sulfide) groups is 1. The van der Waals surface area contributed by atoms with Crippen molar-refractivity contribution in [2.45, 2.75) is 31.2 Å². The van der Waals surface area contributed by atoms with Crippen LogP contribution in [-0.2, 0) is 4.79 Å². The number of nitrogens with one attached hydrogen (secondary N) is 1. The lowest BCUT2D eigenvalue weighted by Crippen LogP contribution is -2.23. The minimum Gasteiger partial charge on any atom is -0.325 e. The zero-order chi connectivity index (χ0) is 21.1. The number of hydrogen-bond acceptors (Lipinski definition) is 7. The van der Waals surface area contributed by atoms with Gasteiger partial charge in [-0.2, -0.15) is 9.07 Å². The van der Waals surface area contributed by atoms with Crippen LogP contribution in [0.25, 0.3) is 5.69 Å². The first kappa shape index (κ1) is 20.4. The third-order valence-electron chi connectivity index (χ3n) is 4.10. The highest BCUT2D eigenvalue weighted by molar-refractivity contribution is 8.00. The van der Waals surface area contributed by atoms with Crippen molar-refractivity contribution in [3.8, 4) is 5.69 Å². The van der Waals surface area contributed by atoms with Gasteiger partial charge in [0.15, 0.2) is 0 Å². The molecule has 0 aliphatic carbocycles. The monoisotopic (exact) mass is 416 g/mol. The van der Waals surface area contributed by atoms with Gasteiger partial charge in [0.1, 0.15) is 0 Å². The summed E-state index contributed by atoms with van der Waals surface area (Å²) in [6.07, 6.45) is 0. The molecule has 0 radical (unpaired) electrons. The number of carbonyl (C=O) groups is 1. The highest BCUT2D eigenvalue weighted by Gasteiger charge is 2.21. The molecule has 0 fully saturated rings. The number of halogens is 1.